The van der Waals surface area contributed by atoms with E-state index in [0.29, 0.717) is 13.1 Å². The molecule has 0 atom stereocenters. The number of rotatable bonds is 5. The summed E-state index contributed by atoms with van der Waals surface area (Å²) in [6.07, 6.45) is 3.54. The number of aromatic nitrogens is 2. The highest BCUT2D eigenvalue weighted by Crippen LogP contribution is 2.32. The third-order valence-corrected chi connectivity index (χ3v) is 6.27. The van der Waals surface area contributed by atoms with Crippen LogP contribution in [0.3, 0.4) is 0 Å². The lowest BCUT2D eigenvalue weighted by atomic mass is 9.95. The molecule has 2 fully saturated rings. The third kappa shape index (κ3) is 5.15. The molecule has 1 aliphatic heterocycles. The van der Waals surface area contributed by atoms with Crippen LogP contribution in [0, 0.1) is 25.7 Å². The number of carbonyl (C=O) groups is 2. The Kier molecular flexibility index (Phi) is 5.85. The number of nitrogens with one attached hydrogen (secondary N) is 1. The molecule has 152 valence electrons. The number of likely N-dealkylation sites (tertiary alicyclic amines) is 1. The van der Waals surface area contributed by atoms with E-state index in [9.17, 15) is 9.59 Å². The molecule has 2 heterocycles. The Bertz CT molecular complexity index is 883. The summed E-state index contributed by atoms with van der Waals surface area (Å²) in [5.41, 5.74) is 2.69. The quantitative estimate of drug-likeness (QED) is 0.758. The number of carbonyl (C=O) groups excluding carboxylic acids is 2. The van der Waals surface area contributed by atoms with Crippen LogP contribution in [0.5, 0.6) is 0 Å². The zero-order chi connectivity index (χ0) is 20.4. The fourth-order valence-electron chi connectivity index (χ4n) is 3.65. The smallest absolute Gasteiger partial charge is 0.227 e. The van der Waals surface area contributed by atoms with Gasteiger partial charge in [-0.25, -0.2) is 9.97 Å². The molecule has 2 aliphatic rings. The fourth-order valence-corrected chi connectivity index (χ4v) is 4.51. The van der Waals surface area contributed by atoms with E-state index in [-0.39, 0.29) is 23.7 Å². The summed E-state index contributed by atoms with van der Waals surface area (Å²) in [7, 11) is 0. The van der Waals surface area contributed by atoms with Crippen LogP contribution in [0.1, 0.15) is 37.1 Å². The standard InChI is InChI=1S/C22H26N4O2S/c1-14-13-15(2)24-22(23-14)29-19-7-5-18(6-8-19)25-20(27)16-9-11-26(12-10-16)21(28)17-3-4-17/h5-8,13,16-17H,3-4,9-12H2,1-2H3,(H,25,27). The molecular weight excluding hydrogens is 384 g/mol. The van der Waals surface area contributed by atoms with Crippen molar-refractivity contribution in [2.75, 3.05) is 18.4 Å². The minimum Gasteiger partial charge on any atom is -0.342 e. The maximum absolute atomic E-state index is 12.6. The summed E-state index contributed by atoms with van der Waals surface area (Å²) < 4.78 is 0. The second-order valence-electron chi connectivity index (χ2n) is 7.92. The average molecular weight is 411 g/mol. The first kappa shape index (κ1) is 19.9. The molecule has 2 amide bonds. The first-order valence-electron chi connectivity index (χ1n) is 10.2. The van der Waals surface area contributed by atoms with Crippen molar-refractivity contribution in [1.82, 2.24) is 14.9 Å². The Hall–Kier alpha value is -2.41. The SMILES string of the molecule is Cc1cc(C)nc(Sc2ccc(NC(=O)C3CCN(C(=O)C4CC4)CC3)cc2)n1. The van der Waals surface area contributed by atoms with Gasteiger partial charge in [0.15, 0.2) is 5.16 Å². The van der Waals surface area contributed by atoms with E-state index in [1.165, 1.54) is 11.8 Å². The first-order chi connectivity index (χ1) is 14.0. The van der Waals surface area contributed by atoms with Crippen molar-refractivity contribution < 1.29 is 9.59 Å². The summed E-state index contributed by atoms with van der Waals surface area (Å²) in [4.78, 5) is 36.6. The van der Waals surface area contributed by atoms with Crippen LogP contribution in [0.15, 0.2) is 40.4 Å². The largest absolute Gasteiger partial charge is 0.342 e. The van der Waals surface area contributed by atoms with Crippen LogP contribution >= 0.6 is 11.8 Å². The summed E-state index contributed by atoms with van der Waals surface area (Å²) in [5, 5.41) is 3.75. The maximum atomic E-state index is 12.6. The molecule has 1 aliphatic carbocycles. The van der Waals surface area contributed by atoms with Crippen LogP contribution in [-0.2, 0) is 9.59 Å². The fraction of sp³-hybridized carbons (Fsp3) is 0.455. The zero-order valence-electron chi connectivity index (χ0n) is 16.9. The summed E-state index contributed by atoms with van der Waals surface area (Å²) in [5.74, 6) is 0.549. The van der Waals surface area contributed by atoms with Gasteiger partial charge in [-0.1, -0.05) is 0 Å². The van der Waals surface area contributed by atoms with Gasteiger partial charge in [0.2, 0.25) is 11.8 Å². The molecule has 1 saturated heterocycles. The highest BCUT2D eigenvalue weighted by atomic mass is 32.2. The van der Waals surface area contributed by atoms with E-state index >= 15 is 0 Å². The number of piperidine rings is 1. The highest BCUT2D eigenvalue weighted by Gasteiger charge is 2.35. The molecule has 1 saturated carbocycles. The van der Waals surface area contributed by atoms with E-state index < -0.39 is 0 Å². The van der Waals surface area contributed by atoms with Gasteiger partial charge in [-0.05, 0) is 81.6 Å². The molecule has 2 aromatic rings. The maximum Gasteiger partial charge on any atom is 0.227 e. The Labute approximate surface area is 175 Å². The van der Waals surface area contributed by atoms with Gasteiger partial charge in [0.05, 0.1) is 0 Å². The van der Waals surface area contributed by atoms with Crippen molar-refractivity contribution >= 4 is 29.3 Å². The minimum atomic E-state index is -0.0315. The molecule has 6 nitrogen and oxygen atoms in total. The highest BCUT2D eigenvalue weighted by molar-refractivity contribution is 7.99. The number of nitrogens with zero attached hydrogens (tertiary/aromatic N) is 3. The van der Waals surface area contributed by atoms with Crippen LogP contribution in [-0.4, -0.2) is 39.8 Å². The number of benzene rings is 1. The number of hydrogen-bond acceptors (Lipinski definition) is 5. The van der Waals surface area contributed by atoms with Crippen LogP contribution in [0.25, 0.3) is 0 Å². The molecular formula is C22H26N4O2S. The molecule has 0 bridgehead atoms. The topological polar surface area (TPSA) is 75.2 Å². The van der Waals surface area contributed by atoms with Crippen LogP contribution < -0.4 is 5.32 Å². The van der Waals surface area contributed by atoms with Gasteiger partial charge in [0, 0.05) is 46.9 Å². The summed E-state index contributed by atoms with van der Waals surface area (Å²) >= 11 is 1.51. The molecule has 1 aromatic carbocycles. The number of amides is 2. The van der Waals surface area contributed by atoms with Crippen LogP contribution in [0.2, 0.25) is 0 Å². The van der Waals surface area contributed by atoms with Gasteiger partial charge in [-0.2, -0.15) is 0 Å². The molecule has 0 radical (unpaired) electrons. The average Bonchev–Trinajstić information content (AvgIpc) is 3.53. The Morgan fingerprint density at radius 3 is 2.17 bits per heavy atom. The summed E-state index contributed by atoms with van der Waals surface area (Å²) in [6.45, 7) is 5.31. The Balaban J connectivity index is 1.29. The molecule has 0 unspecified atom stereocenters. The molecule has 4 rings (SSSR count). The number of anilines is 1. The zero-order valence-corrected chi connectivity index (χ0v) is 17.7. The van der Waals surface area contributed by atoms with Crippen LogP contribution in [0.4, 0.5) is 5.69 Å². The predicted octanol–water partition coefficient (Wildman–Crippen LogP) is 3.83. The first-order valence-corrected chi connectivity index (χ1v) is 11.0. The lowest BCUT2D eigenvalue weighted by Crippen LogP contribution is -2.42. The van der Waals surface area contributed by atoms with Crippen molar-refractivity contribution in [2.45, 2.75) is 49.6 Å². The van der Waals surface area contributed by atoms with Crippen molar-refractivity contribution in [3.05, 3.63) is 41.7 Å². The van der Waals surface area contributed by atoms with E-state index in [2.05, 4.69) is 15.3 Å². The molecule has 7 heteroatoms. The summed E-state index contributed by atoms with van der Waals surface area (Å²) in [6, 6.07) is 9.72. The molecule has 1 aromatic heterocycles. The number of aryl methyl sites for hydroxylation is 2. The lowest BCUT2D eigenvalue weighted by molar-refractivity contribution is -0.135. The van der Waals surface area contributed by atoms with Gasteiger partial charge >= 0.3 is 0 Å². The predicted molar refractivity (Wildman–Crippen MR) is 113 cm³/mol. The number of hydrogen-bond donors (Lipinski definition) is 1. The lowest BCUT2D eigenvalue weighted by Gasteiger charge is -2.31. The van der Waals surface area contributed by atoms with Gasteiger partial charge in [0.25, 0.3) is 0 Å². The van der Waals surface area contributed by atoms with E-state index in [1.54, 1.807) is 0 Å². The third-order valence-electron chi connectivity index (χ3n) is 5.40. The normalized spacial score (nSPS) is 17.2. The van der Waals surface area contributed by atoms with Crippen molar-refractivity contribution in [3.8, 4) is 0 Å². The Morgan fingerprint density at radius 1 is 0.966 bits per heavy atom. The van der Waals surface area contributed by atoms with Gasteiger partial charge < -0.3 is 10.2 Å². The van der Waals surface area contributed by atoms with Gasteiger partial charge in [-0.15, -0.1) is 0 Å². The molecule has 1 N–H and O–H groups in total. The van der Waals surface area contributed by atoms with E-state index in [0.717, 1.165) is 52.8 Å². The molecule has 0 spiro atoms. The Morgan fingerprint density at radius 2 is 1.59 bits per heavy atom. The van der Waals surface area contributed by atoms with E-state index in [1.807, 2.05) is 49.1 Å². The van der Waals surface area contributed by atoms with Gasteiger partial charge in [0.1, 0.15) is 0 Å². The monoisotopic (exact) mass is 410 g/mol. The molecule has 29 heavy (non-hydrogen) atoms. The minimum absolute atomic E-state index is 0.0315. The second kappa shape index (κ2) is 8.53. The second-order valence-corrected chi connectivity index (χ2v) is 8.96. The van der Waals surface area contributed by atoms with Gasteiger partial charge in [-0.3, -0.25) is 9.59 Å². The van der Waals surface area contributed by atoms with Crippen molar-refractivity contribution in [2.24, 2.45) is 11.8 Å². The van der Waals surface area contributed by atoms with Crippen molar-refractivity contribution in [3.63, 3.8) is 0 Å². The van der Waals surface area contributed by atoms with E-state index in [4.69, 9.17) is 0 Å². The van der Waals surface area contributed by atoms with Crippen molar-refractivity contribution in [1.29, 1.82) is 0 Å².